The molecule has 0 aliphatic carbocycles. The van der Waals surface area contributed by atoms with Gasteiger partial charge in [-0.25, -0.2) is 0 Å². The van der Waals surface area contributed by atoms with Crippen LogP contribution in [0.4, 0.5) is 0 Å². The molecule has 0 aliphatic rings. The summed E-state index contributed by atoms with van der Waals surface area (Å²) < 4.78 is 0. The normalized spacial score (nSPS) is 15.9. The molecule has 0 aromatic carbocycles. The molecule has 0 N–H and O–H groups in total. The standard InChI is InChI=1S/C9H28SeSi4/c1-11(2,3)14(10,12(4,5)6)13(7,8)9/h10H,1-9H3. The van der Waals surface area contributed by atoms with Gasteiger partial charge < -0.3 is 0 Å². The van der Waals surface area contributed by atoms with E-state index in [1.807, 2.05) is 0 Å². The van der Waals surface area contributed by atoms with Crippen molar-refractivity contribution in [1.29, 1.82) is 0 Å². The second-order valence-electron chi connectivity index (χ2n) is 7.46. The molecule has 0 amide bonds. The van der Waals surface area contributed by atoms with Crippen LogP contribution in [0.5, 0.6) is 0 Å². The first-order chi connectivity index (χ1) is 5.75. The van der Waals surface area contributed by atoms with Gasteiger partial charge in [0.25, 0.3) is 0 Å². The van der Waals surface area contributed by atoms with Crippen LogP contribution in [0.2, 0.25) is 58.9 Å². The maximum absolute atomic E-state index is 3.30. The third kappa shape index (κ3) is 2.55. The van der Waals surface area contributed by atoms with Gasteiger partial charge in [-0.05, 0) is 0 Å². The van der Waals surface area contributed by atoms with E-state index in [1.54, 1.807) is 0 Å². The Morgan fingerprint density at radius 3 is 0.643 bits per heavy atom. The van der Waals surface area contributed by atoms with E-state index in [0.717, 1.165) is 0 Å². The Labute approximate surface area is 102 Å². The van der Waals surface area contributed by atoms with Gasteiger partial charge in [0.05, 0.1) is 0 Å². The molecule has 0 aromatic heterocycles. The van der Waals surface area contributed by atoms with E-state index in [1.165, 1.54) is 0 Å². The van der Waals surface area contributed by atoms with Crippen molar-refractivity contribution < 1.29 is 0 Å². The van der Waals surface area contributed by atoms with Crippen LogP contribution in [-0.4, -0.2) is 43.4 Å². The molecule has 0 radical (unpaired) electrons. The fraction of sp³-hybridized carbons (Fsp3) is 1.00. The molecule has 0 spiro atoms. The first-order valence-corrected chi connectivity index (χ1v) is 23.7. The van der Waals surface area contributed by atoms with Gasteiger partial charge in [0.2, 0.25) is 0 Å². The summed E-state index contributed by atoms with van der Waals surface area (Å²) >= 11 is 3.30. The summed E-state index contributed by atoms with van der Waals surface area (Å²) in [4.78, 5) is 0. The summed E-state index contributed by atoms with van der Waals surface area (Å²) in [5.74, 6) is 0. The number of hydrogen-bond acceptors (Lipinski definition) is 0. The Morgan fingerprint density at radius 2 is 0.643 bits per heavy atom. The average Bonchev–Trinajstić information content (AvgIpc) is 1.77. The molecule has 86 valence electrons. The van der Waals surface area contributed by atoms with Crippen LogP contribution in [0.3, 0.4) is 0 Å². The first-order valence-electron chi connectivity index (χ1n) is 5.47. The van der Waals surface area contributed by atoms with Gasteiger partial charge in [-0.3, -0.25) is 0 Å². The summed E-state index contributed by atoms with van der Waals surface area (Å²) in [7, 11) is -2.84. The second kappa shape index (κ2) is 4.00. The Kier molecular flexibility index (Phi) is 4.40. The van der Waals surface area contributed by atoms with Gasteiger partial charge >= 0.3 is 102 Å². The summed E-state index contributed by atoms with van der Waals surface area (Å²) in [6.07, 6.45) is 0. The Hall–Kier alpha value is 1.39. The summed E-state index contributed by atoms with van der Waals surface area (Å²) in [5.41, 5.74) is 0. The van der Waals surface area contributed by atoms with Crippen molar-refractivity contribution in [2.75, 3.05) is 0 Å². The van der Waals surface area contributed by atoms with Gasteiger partial charge in [-0.15, -0.1) is 0 Å². The molecule has 5 heteroatoms. The zero-order valence-corrected chi connectivity index (χ0v) is 17.3. The van der Waals surface area contributed by atoms with Crippen LogP contribution >= 0.6 is 0 Å². The van der Waals surface area contributed by atoms with Crippen molar-refractivity contribution >= 4 is 43.4 Å². The zero-order valence-electron chi connectivity index (χ0n) is 11.4. The summed E-state index contributed by atoms with van der Waals surface area (Å²) in [6.45, 7) is 23.6. The van der Waals surface area contributed by atoms with E-state index >= 15 is 0 Å². The van der Waals surface area contributed by atoms with Crippen LogP contribution in [0.1, 0.15) is 0 Å². The van der Waals surface area contributed by atoms with Gasteiger partial charge in [-0.1, -0.05) is 0 Å². The van der Waals surface area contributed by atoms with Crippen LogP contribution in [-0.2, 0) is 0 Å². The number of hydrogen-bond donors (Lipinski definition) is 0. The van der Waals surface area contributed by atoms with Gasteiger partial charge in [0.15, 0.2) is 0 Å². The van der Waals surface area contributed by atoms with Gasteiger partial charge in [0.1, 0.15) is 0 Å². The first kappa shape index (κ1) is 15.4. The predicted octanol–water partition coefficient (Wildman–Crippen LogP) is 3.08. The Balaban J connectivity index is 5.54. The molecule has 0 atom stereocenters. The molecular weight excluding hydrogens is 299 g/mol. The quantitative estimate of drug-likeness (QED) is 0.699. The van der Waals surface area contributed by atoms with Crippen molar-refractivity contribution in [2.24, 2.45) is 0 Å². The Morgan fingerprint density at radius 1 is 0.500 bits per heavy atom. The van der Waals surface area contributed by atoms with Crippen molar-refractivity contribution in [2.45, 2.75) is 58.9 Å². The van der Waals surface area contributed by atoms with Gasteiger partial charge in [-0.2, -0.15) is 0 Å². The third-order valence-corrected chi connectivity index (χ3v) is 108. The van der Waals surface area contributed by atoms with Crippen LogP contribution in [0.15, 0.2) is 0 Å². The molecule has 0 saturated carbocycles. The fourth-order valence-electron chi connectivity index (χ4n) is 3.38. The molecule has 0 nitrogen and oxygen atoms in total. The minimum atomic E-state index is -1.00. The van der Waals surface area contributed by atoms with Crippen LogP contribution < -0.4 is 0 Å². The SMILES string of the molecule is C[Si](C)(C)[Si]([SeH])([Si](C)(C)C)[Si](C)(C)C. The average molecular weight is 328 g/mol. The van der Waals surface area contributed by atoms with Gasteiger partial charge in [0, 0.05) is 0 Å². The van der Waals surface area contributed by atoms with E-state index < -0.39 is 28.0 Å². The molecule has 0 heterocycles. The molecular formula is C9H28SeSi4. The maximum atomic E-state index is 3.30. The van der Waals surface area contributed by atoms with Crippen molar-refractivity contribution in [3.63, 3.8) is 0 Å². The Bertz CT molecular complexity index is 170. The van der Waals surface area contributed by atoms with Crippen molar-refractivity contribution in [3.8, 4) is 0 Å². The van der Waals surface area contributed by atoms with Crippen molar-refractivity contribution in [3.05, 3.63) is 0 Å². The fourth-order valence-corrected chi connectivity index (χ4v) is 91.1. The third-order valence-electron chi connectivity index (χ3n) is 3.26. The van der Waals surface area contributed by atoms with E-state index in [4.69, 9.17) is 0 Å². The molecule has 0 fully saturated rings. The molecule has 0 aromatic rings. The van der Waals surface area contributed by atoms with Crippen LogP contribution in [0.25, 0.3) is 0 Å². The molecule has 0 saturated heterocycles. The van der Waals surface area contributed by atoms with E-state index in [0.29, 0.717) is 0 Å². The van der Waals surface area contributed by atoms with Crippen LogP contribution in [0, 0.1) is 0 Å². The molecule has 0 bridgehead atoms. The molecule has 0 unspecified atom stereocenters. The molecule has 0 rings (SSSR count). The predicted molar refractivity (Wildman–Crippen MR) is 82.9 cm³/mol. The second-order valence-corrected chi connectivity index (χ2v) is 59.6. The summed E-state index contributed by atoms with van der Waals surface area (Å²) in [6, 6.07) is 0. The van der Waals surface area contributed by atoms with E-state index in [9.17, 15) is 0 Å². The van der Waals surface area contributed by atoms with E-state index in [-0.39, 0.29) is 0 Å². The minimum absolute atomic E-state index is 0.947. The summed E-state index contributed by atoms with van der Waals surface area (Å²) in [5, 5.41) is -1.00. The monoisotopic (exact) mass is 328 g/mol. The topological polar surface area (TPSA) is 0 Å². The zero-order chi connectivity index (χ0) is 12.0. The van der Waals surface area contributed by atoms with E-state index in [2.05, 4.69) is 74.3 Å². The molecule has 14 heavy (non-hydrogen) atoms. The van der Waals surface area contributed by atoms with Crippen molar-refractivity contribution in [1.82, 2.24) is 0 Å². The number of rotatable bonds is 3. The molecule has 0 aliphatic heterocycles.